The van der Waals surface area contributed by atoms with E-state index in [-0.39, 0.29) is 0 Å². The number of nitrogens with zero attached hydrogens (tertiary/aromatic N) is 1. The van der Waals surface area contributed by atoms with E-state index in [1.165, 1.54) is 43.4 Å². The van der Waals surface area contributed by atoms with Gasteiger partial charge in [-0.15, -0.1) is 0 Å². The summed E-state index contributed by atoms with van der Waals surface area (Å²) in [7, 11) is 0. The molecule has 2 aliphatic carbocycles. The van der Waals surface area contributed by atoms with Gasteiger partial charge in [0, 0.05) is 19.6 Å². The van der Waals surface area contributed by atoms with Crippen molar-refractivity contribution in [2.24, 2.45) is 17.8 Å². The van der Waals surface area contributed by atoms with Gasteiger partial charge in [-0.1, -0.05) is 12.5 Å². The third kappa shape index (κ3) is 2.48. The summed E-state index contributed by atoms with van der Waals surface area (Å²) < 4.78 is 0. The lowest BCUT2D eigenvalue weighted by atomic mass is 9.87. The van der Waals surface area contributed by atoms with Gasteiger partial charge in [0.2, 0.25) is 0 Å². The Labute approximate surface area is 126 Å². The average Bonchev–Trinajstić information content (AvgIpc) is 3.09. The number of carbonyl (C=O) groups is 1. The van der Waals surface area contributed by atoms with Crippen LogP contribution in [0.25, 0.3) is 0 Å². The lowest BCUT2D eigenvalue weighted by Crippen LogP contribution is -2.36. The highest BCUT2D eigenvalue weighted by Crippen LogP contribution is 2.48. The summed E-state index contributed by atoms with van der Waals surface area (Å²) in [6, 6.07) is 5.63. The summed E-state index contributed by atoms with van der Waals surface area (Å²) in [5.41, 5.74) is 2.99. The van der Waals surface area contributed by atoms with E-state index in [4.69, 9.17) is 5.11 Å². The number of hydrogen-bond acceptors (Lipinski definition) is 2. The first-order valence-corrected chi connectivity index (χ1v) is 8.26. The van der Waals surface area contributed by atoms with Crippen LogP contribution in [-0.2, 0) is 13.0 Å². The minimum atomic E-state index is -0.817. The van der Waals surface area contributed by atoms with Crippen molar-refractivity contribution in [2.45, 2.75) is 38.6 Å². The second-order valence-electron chi connectivity index (χ2n) is 7.21. The van der Waals surface area contributed by atoms with E-state index in [0.717, 1.165) is 37.3 Å². The molecule has 0 saturated heterocycles. The van der Waals surface area contributed by atoms with E-state index in [2.05, 4.69) is 4.90 Å². The van der Waals surface area contributed by atoms with E-state index >= 15 is 0 Å². The second-order valence-corrected chi connectivity index (χ2v) is 7.21. The van der Waals surface area contributed by atoms with Gasteiger partial charge in [0.05, 0.1) is 5.56 Å². The van der Waals surface area contributed by atoms with Crippen molar-refractivity contribution in [2.75, 3.05) is 13.1 Å². The Balaban J connectivity index is 1.46. The van der Waals surface area contributed by atoms with Crippen molar-refractivity contribution in [3.8, 4) is 0 Å². The van der Waals surface area contributed by atoms with E-state index < -0.39 is 5.97 Å². The van der Waals surface area contributed by atoms with E-state index in [1.807, 2.05) is 12.1 Å². The van der Waals surface area contributed by atoms with Crippen LogP contribution in [0.3, 0.4) is 0 Å². The Kier molecular flexibility index (Phi) is 3.26. The number of fused-ring (bicyclic) bond motifs is 3. The molecule has 2 fully saturated rings. The van der Waals surface area contributed by atoms with Gasteiger partial charge in [0.15, 0.2) is 0 Å². The molecule has 0 aromatic heterocycles. The quantitative estimate of drug-likeness (QED) is 0.927. The summed E-state index contributed by atoms with van der Waals surface area (Å²) in [6.45, 7) is 3.29. The number of carboxylic acids is 1. The fraction of sp³-hybridized carbons (Fsp3) is 0.611. The number of rotatable bonds is 3. The molecule has 1 heterocycles. The minimum absolute atomic E-state index is 0.426. The zero-order valence-electron chi connectivity index (χ0n) is 12.4. The van der Waals surface area contributed by atoms with Crippen molar-refractivity contribution in [3.05, 3.63) is 34.9 Å². The molecule has 1 N–H and O–H groups in total. The zero-order chi connectivity index (χ0) is 14.4. The number of hydrogen-bond donors (Lipinski definition) is 1. The maximum absolute atomic E-state index is 11.1. The van der Waals surface area contributed by atoms with Gasteiger partial charge in [-0.2, -0.15) is 0 Å². The molecule has 2 bridgehead atoms. The Morgan fingerprint density at radius 3 is 2.86 bits per heavy atom. The van der Waals surface area contributed by atoms with Crippen LogP contribution in [0.15, 0.2) is 18.2 Å². The van der Waals surface area contributed by atoms with E-state index in [9.17, 15) is 4.79 Å². The lowest BCUT2D eigenvalue weighted by molar-refractivity contribution is 0.0696. The van der Waals surface area contributed by atoms with Crippen molar-refractivity contribution >= 4 is 5.97 Å². The monoisotopic (exact) mass is 285 g/mol. The summed E-state index contributed by atoms with van der Waals surface area (Å²) in [5.74, 6) is 2.06. The van der Waals surface area contributed by atoms with Gasteiger partial charge in [-0.25, -0.2) is 4.79 Å². The Morgan fingerprint density at radius 2 is 2.14 bits per heavy atom. The Bertz CT molecular complexity index is 568. The van der Waals surface area contributed by atoms with Crippen LogP contribution in [0.4, 0.5) is 0 Å². The fourth-order valence-corrected chi connectivity index (χ4v) is 4.84. The third-order valence-electron chi connectivity index (χ3n) is 5.92. The summed E-state index contributed by atoms with van der Waals surface area (Å²) in [5, 5.41) is 9.14. The molecule has 112 valence electrons. The van der Waals surface area contributed by atoms with Gasteiger partial charge in [-0.05, 0) is 66.7 Å². The van der Waals surface area contributed by atoms with Gasteiger partial charge in [-0.3, -0.25) is 4.90 Å². The maximum Gasteiger partial charge on any atom is 0.335 e. The fourth-order valence-electron chi connectivity index (χ4n) is 4.84. The molecule has 2 saturated carbocycles. The van der Waals surface area contributed by atoms with Gasteiger partial charge in [0.1, 0.15) is 0 Å². The first-order valence-electron chi connectivity index (χ1n) is 8.26. The lowest BCUT2D eigenvalue weighted by Gasteiger charge is -2.33. The summed E-state index contributed by atoms with van der Waals surface area (Å²) in [4.78, 5) is 13.7. The van der Waals surface area contributed by atoms with E-state index in [1.54, 1.807) is 6.07 Å². The number of benzene rings is 1. The van der Waals surface area contributed by atoms with Gasteiger partial charge in [0.25, 0.3) is 0 Å². The molecule has 0 radical (unpaired) electrons. The topological polar surface area (TPSA) is 40.5 Å². The van der Waals surface area contributed by atoms with Crippen LogP contribution in [0.2, 0.25) is 0 Å². The van der Waals surface area contributed by atoms with Crippen LogP contribution >= 0.6 is 0 Å². The molecule has 21 heavy (non-hydrogen) atoms. The number of carboxylic acid groups (broad SMARTS) is 1. The SMILES string of the molecule is O=C(O)c1ccc2c(c1)CN(CC1CC3CCC1C3)CC2. The molecular formula is C18H23NO2. The zero-order valence-corrected chi connectivity index (χ0v) is 12.4. The van der Waals surface area contributed by atoms with Crippen molar-refractivity contribution in [1.82, 2.24) is 4.90 Å². The molecule has 3 heteroatoms. The van der Waals surface area contributed by atoms with Crippen molar-refractivity contribution < 1.29 is 9.90 Å². The van der Waals surface area contributed by atoms with Crippen LogP contribution in [0.1, 0.15) is 47.2 Å². The summed E-state index contributed by atoms with van der Waals surface area (Å²) >= 11 is 0. The highest BCUT2D eigenvalue weighted by atomic mass is 16.4. The van der Waals surface area contributed by atoms with Crippen LogP contribution in [0, 0.1) is 17.8 Å². The van der Waals surface area contributed by atoms with Crippen LogP contribution in [-0.4, -0.2) is 29.1 Å². The van der Waals surface area contributed by atoms with Crippen molar-refractivity contribution in [1.29, 1.82) is 0 Å². The highest BCUT2D eigenvalue weighted by Gasteiger charge is 2.40. The average molecular weight is 285 g/mol. The maximum atomic E-state index is 11.1. The Morgan fingerprint density at radius 1 is 1.24 bits per heavy atom. The van der Waals surface area contributed by atoms with Crippen LogP contribution < -0.4 is 0 Å². The number of aromatic carboxylic acids is 1. The Hall–Kier alpha value is -1.35. The third-order valence-corrected chi connectivity index (χ3v) is 5.92. The normalized spacial score (nSPS) is 31.3. The van der Waals surface area contributed by atoms with Gasteiger partial charge < -0.3 is 5.11 Å². The first-order chi connectivity index (χ1) is 10.2. The molecule has 0 amide bonds. The molecule has 1 aromatic carbocycles. The second kappa shape index (κ2) is 5.13. The van der Waals surface area contributed by atoms with E-state index in [0.29, 0.717) is 5.56 Å². The molecule has 1 aliphatic heterocycles. The predicted molar refractivity (Wildman–Crippen MR) is 81.3 cm³/mol. The minimum Gasteiger partial charge on any atom is -0.478 e. The standard InChI is InChI=1S/C18H23NO2/c20-18(21)15-4-3-13-5-6-19(11-17(13)9-15)10-16-8-12-1-2-14(16)7-12/h3-4,9,12,14,16H,1-2,5-8,10-11H2,(H,20,21). The molecule has 0 spiro atoms. The summed E-state index contributed by atoms with van der Waals surface area (Å²) in [6.07, 6.45) is 6.88. The molecular weight excluding hydrogens is 262 g/mol. The molecule has 3 unspecified atom stereocenters. The predicted octanol–water partition coefficient (Wildman–Crippen LogP) is 3.18. The molecule has 3 aliphatic rings. The molecule has 3 nitrogen and oxygen atoms in total. The van der Waals surface area contributed by atoms with Gasteiger partial charge >= 0.3 is 5.97 Å². The molecule has 4 rings (SSSR count). The molecule has 1 aromatic rings. The van der Waals surface area contributed by atoms with Crippen molar-refractivity contribution in [3.63, 3.8) is 0 Å². The highest BCUT2D eigenvalue weighted by molar-refractivity contribution is 5.87. The largest absolute Gasteiger partial charge is 0.478 e. The first kappa shape index (κ1) is 13.3. The van der Waals surface area contributed by atoms with Crippen LogP contribution in [0.5, 0.6) is 0 Å². The smallest absolute Gasteiger partial charge is 0.335 e. The molecule has 3 atom stereocenters.